The van der Waals surface area contributed by atoms with Crippen LogP contribution in [0.5, 0.6) is 0 Å². The second-order valence-corrected chi connectivity index (χ2v) is 6.01. The van der Waals surface area contributed by atoms with E-state index in [9.17, 15) is 9.18 Å². The summed E-state index contributed by atoms with van der Waals surface area (Å²) >= 11 is 5.82. The first kappa shape index (κ1) is 19.5. The van der Waals surface area contributed by atoms with E-state index >= 15 is 0 Å². The molecule has 1 amide bonds. The van der Waals surface area contributed by atoms with Crippen LogP contribution in [0.15, 0.2) is 30.7 Å². The number of nitrogens with one attached hydrogen (secondary N) is 3. The number of nitrogens with zero attached hydrogens (tertiary/aromatic N) is 4. The van der Waals surface area contributed by atoms with E-state index in [2.05, 4.69) is 40.6 Å². The third kappa shape index (κ3) is 4.92. The minimum Gasteiger partial charge on any atom is -0.453 e. The van der Waals surface area contributed by atoms with E-state index in [0.29, 0.717) is 48.0 Å². The maximum Gasteiger partial charge on any atom is 0.406 e. The molecule has 0 saturated heterocycles. The van der Waals surface area contributed by atoms with Gasteiger partial charge in [0.25, 0.3) is 0 Å². The highest BCUT2D eigenvalue weighted by Gasteiger charge is 2.09. The highest BCUT2D eigenvalue weighted by Crippen LogP contribution is 2.25. The molecule has 0 aliphatic rings. The Morgan fingerprint density at radius 1 is 1.25 bits per heavy atom. The van der Waals surface area contributed by atoms with Crippen LogP contribution in [0.1, 0.15) is 6.42 Å². The number of benzene rings is 1. The zero-order valence-corrected chi connectivity index (χ0v) is 15.6. The van der Waals surface area contributed by atoms with E-state index in [4.69, 9.17) is 11.6 Å². The number of rotatable bonds is 7. The normalized spacial score (nSPS) is 10.5. The smallest absolute Gasteiger partial charge is 0.406 e. The first-order chi connectivity index (χ1) is 13.6. The summed E-state index contributed by atoms with van der Waals surface area (Å²) in [5.74, 6) is 0.321. The van der Waals surface area contributed by atoms with Gasteiger partial charge >= 0.3 is 6.09 Å². The molecular formula is C17H17ClFN7O2. The van der Waals surface area contributed by atoms with Gasteiger partial charge in [-0.2, -0.15) is 0 Å². The Hall–Kier alpha value is -3.27. The number of aromatic nitrogens is 4. The van der Waals surface area contributed by atoms with E-state index in [1.165, 1.54) is 25.6 Å². The van der Waals surface area contributed by atoms with Crippen molar-refractivity contribution in [2.45, 2.75) is 6.42 Å². The summed E-state index contributed by atoms with van der Waals surface area (Å²) in [4.78, 5) is 28.0. The van der Waals surface area contributed by atoms with Gasteiger partial charge in [-0.15, -0.1) is 0 Å². The van der Waals surface area contributed by atoms with Crippen LogP contribution in [0, 0.1) is 5.82 Å². The first-order valence-electron chi connectivity index (χ1n) is 8.32. The highest BCUT2D eigenvalue weighted by atomic mass is 35.5. The third-order valence-electron chi connectivity index (χ3n) is 3.65. The second-order valence-electron chi connectivity index (χ2n) is 5.60. The van der Waals surface area contributed by atoms with Crippen LogP contribution in [0.4, 0.5) is 26.6 Å². The SMILES string of the molecule is COC(=O)NCCCNc1ncc2ncnc(Nc3ccc(F)c(Cl)c3)c2n1. The van der Waals surface area contributed by atoms with Crippen molar-refractivity contribution in [1.82, 2.24) is 25.3 Å². The van der Waals surface area contributed by atoms with Crippen LogP contribution < -0.4 is 16.0 Å². The molecule has 0 atom stereocenters. The van der Waals surface area contributed by atoms with Gasteiger partial charge in [-0.25, -0.2) is 29.1 Å². The lowest BCUT2D eigenvalue weighted by atomic mass is 10.3. The number of amides is 1. The van der Waals surface area contributed by atoms with E-state index in [0.717, 1.165) is 0 Å². The average Bonchev–Trinajstić information content (AvgIpc) is 2.70. The molecule has 28 heavy (non-hydrogen) atoms. The minimum atomic E-state index is -0.504. The molecule has 0 aliphatic heterocycles. The van der Waals surface area contributed by atoms with Gasteiger partial charge in [-0.05, 0) is 24.6 Å². The van der Waals surface area contributed by atoms with Crippen LogP contribution in [-0.2, 0) is 4.74 Å². The summed E-state index contributed by atoms with van der Waals surface area (Å²) in [6, 6.07) is 4.27. The maximum absolute atomic E-state index is 13.3. The maximum atomic E-state index is 13.3. The number of carbonyl (C=O) groups excluding carboxylic acids is 1. The Morgan fingerprint density at radius 3 is 2.89 bits per heavy atom. The molecule has 3 N–H and O–H groups in total. The average molecular weight is 406 g/mol. The minimum absolute atomic E-state index is 0.000840. The molecule has 0 radical (unpaired) electrons. The number of anilines is 3. The van der Waals surface area contributed by atoms with Gasteiger partial charge in [-0.1, -0.05) is 11.6 Å². The van der Waals surface area contributed by atoms with Crippen molar-refractivity contribution < 1.29 is 13.9 Å². The summed E-state index contributed by atoms with van der Waals surface area (Å²) < 4.78 is 17.8. The summed E-state index contributed by atoms with van der Waals surface area (Å²) in [5.41, 5.74) is 1.60. The number of hydrogen-bond donors (Lipinski definition) is 3. The predicted molar refractivity (Wildman–Crippen MR) is 103 cm³/mol. The number of carbonyl (C=O) groups is 1. The van der Waals surface area contributed by atoms with Gasteiger partial charge in [0.05, 0.1) is 18.3 Å². The Balaban J connectivity index is 1.70. The van der Waals surface area contributed by atoms with Crippen LogP contribution in [0.25, 0.3) is 11.0 Å². The van der Waals surface area contributed by atoms with Crippen molar-refractivity contribution in [3.63, 3.8) is 0 Å². The molecule has 9 nitrogen and oxygen atoms in total. The van der Waals surface area contributed by atoms with Crippen LogP contribution in [0.2, 0.25) is 5.02 Å². The van der Waals surface area contributed by atoms with Crippen molar-refractivity contribution in [1.29, 1.82) is 0 Å². The van der Waals surface area contributed by atoms with Crippen molar-refractivity contribution in [2.24, 2.45) is 0 Å². The van der Waals surface area contributed by atoms with Crippen molar-refractivity contribution in [3.8, 4) is 0 Å². The number of halogens is 2. The summed E-state index contributed by atoms with van der Waals surface area (Å²) in [5, 5.41) is 8.71. The van der Waals surface area contributed by atoms with E-state index in [1.54, 1.807) is 12.3 Å². The summed E-state index contributed by atoms with van der Waals surface area (Å²) in [6.45, 7) is 0.994. The topological polar surface area (TPSA) is 114 Å². The molecule has 2 aromatic heterocycles. The van der Waals surface area contributed by atoms with Gasteiger partial charge in [-0.3, -0.25) is 0 Å². The quantitative estimate of drug-likeness (QED) is 0.514. The van der Waals surface area contributed by atoms with Gasteiger partial charge in [0.2, 0.25) is 5.95 Å². The fourth-order valence-corrected chi connectivity index (χ4v) is 2.47. The molecule has 1 aromatic carbocycles. The van der Waals surface area contributed by atoms with Gasteiger partial charge < -0.3 is 20.7 Å². The lowest BCUT2D eigenvalue weighted by Gasteiger charge is -2.10. The molecule has 0 saturated carbocycles. The number of alkyl carbamates (subject to hydrolysis) is 1. The van der Waals surface area contributed by atoms with E-state index in [-0.39, 0.29) is 5.02 Å². The summed E-state index contributed by atoms with van der Waals surface area (Å²) in [6.07, 6.45) is 3.13. The van der Waals surface area contributed by atoms with Gasteiger partial charge in [0.15, 0.2) is 5.82 Å². The zero-order valence-electron chi connectivity index (χ0n) is 14.9. The Morgan fingerprint density at radius 2 is 2.11 bits per heavy atom. The molecule has 2 heterocycles. The molecule has 0 spiro atoms. The van der Waals surface area contributed by atoms with Crippen LogP contribution >= 0.6 is 11.6 Å². The van der Waals surface area contributed by atoms with Gasteiger partial charge in [0, 0.05) is 18.8 Å². The number of hydrogen-bond acceptors (Lipinski definition) is 8. The Bertz CT molecular complexity index is 989. The molecule has 3 aromatic rings. The summed E-state index contributed by atoms with van der Waals surface area (Å²) in [7, 11) is 1.31. The van der Waals surface area contributed by atoms with E-state index < -0.39 is 11.9 Å². The molecule has 0 unspecified atom stereocenters. The molecule has 0 bridgehead atoms. The zero-order chi connectivity index (χ0) is 19.9. The fraction of sp³-hybridized carbons (Fsp3) is 0.235. The number of ether oxygens (including phenoxy) is 1. The van der Waals surface area contributed by atoms with Gasteiger partial charge in [0.1, 0.15) is 23.2 Å². The molecule has 3 rings (SSSR count). The number of methoxy groups -OCH3 is 1. The Labute approximate surface area is 164 Å². The molecule has 0 fully saturated rings. The standard InChI is InChI=1S/C17H17ClFN7O2/c1-28-17(27)21-6-2-5-20-16-22-8-13-14(26-16)15(24-9-23-13)25-10-3-4-12(19)11(18)7-10/h3-4,7-9H,2,5-6H2,1H3,(H,21,27)(H,20,22,26)(H,23,24,25). The third-order valence-corrected chi connectivity index (χ3v) is 3.94. The van der Waals surface area contributed by atoms with Crippen molar-refractivity contribution >= 4 is 46.2 Å². The highest BCUT2D eigenvalue weighted by molar-refractivity contribution is 6.31. The Kier molecular flexibility index (Phi) is 6.33. The second kappa shape index (κ2) is 9.09. The largest absolute Gasteiger partial charge is 0.453 e. The van der Waals surface area contributed by atoms with E-state index in [1.807, 2.05) is 0 Å². The molecule has 0 aliphatic carbocycles. The lowest BCUT2D eigenvalue weighted by Crippen LogP contribution is -2.25. The van der Waals surface area contributed by atoms with Crippen molar-refractivity contribution in [3.05, 3.63) is 41.6 Å². The molecule has 146 valence electrons. The molecular weight excluding hydrogens is 389 g/mol. The number of fused-ring (bicyclic) bond motifs is 1. The molecule has 11 heteroatoms. The monoisotopic (exact) mass is 405 g/mol. The first-order valence-corrected chi connectivity index (χ1v) is 8.70. The van der Waals surface area contributed by atoms with Crippen LogP contribution in [0.3, 0.4) is 0 Å². The fourth-order valence-electron chi connectivity index (χ4n) is 2.29. The van der Waals surface area contributed by atoms with Crippen LogP contribution in [-0.4, -0.2) is 46.2 Å². The van der Waals surface area contributed by atoms with Crippen molar-refractivity contribution in [2.75, 3.05) is 30.8 Å². The lowest BCUT2D eigenvalue weighted by molar-refractivity contribution is 0.171. The predicted octanol–water partition coefficient (Wildman–Crippen LogP) is 3.11.